The van der Waals surface area contributed by atoms with E-state index in [4.69, 9.17) is 9.84 Å². The van der Waals surface area contributed by atoms with E-state index in [0.29, 0.717) is 11.6 Å². The maximum atomic E-state index is 9.08. The molecular weight excluding hydrogens is 144 g/mol. The standard InChI is InChI=1S/C7H8N2O2/c10-6-4-11-5-2-1-3-8-7(5)9-6/h1-3,6,10H,4H2,(H,8,9). The first-order valence-electron chi connectivity index (χ1n) is 3.39. The molecule has 1 aromatic rings. The minimum absolute atomic E-state index is 0.276. The first kappa shape index (κ1) is 6.42. The van der Waals surface area contributed by atoms with E-state index in [1.54, 1.807) is 18.3 Å². The van der Waals surface area contributed by atoms with Crippen LogP contribution in [-0.4, -0.2) is 22.9 Å². The lowest BCUT2D eigenvalue weighted by atomic mass is 10.4. The fraction of sp³-hybridized carbons (Fsp3) is 0.286. The van der Waals surface area contributed by atoms with E-state index in [9.17, 15) is 0 Å². The third kappa shape index (κ3) is 1.12. The highest BCUT2D eigenvalue weighted by Gasteiger charge is 2.15. The zero-order valence-corrected chi connectivity index (χ0v) is 5.82. The molecule has 4 nitrogen and oxygen atoms in total. The van der Waals surface area contributed by atoms with Crippen LogP contribution in [0.25, 0.3) is 0 Å². The van der Waals surface area contributed by atoms with E-state index in [-0.39, 0.29) is 6.61 Å². The molecule has 1 aliphatic rings. The van der Waals surface area contributed by atoms with E-state index in [1.165, 1.54) is 0 Å². The summed E-state index contributed by atoms with van der Waals surface area (Å²) in [6.45, 7) is 0.276. The van der Waals surface area contributed by atoms with Gasteiger partial charge in [-0.25, -0.2) is 4.98 Å². The molecule has 1 unspecified atom stereocenters. The summed E-state index contributed by atoms with van der Waals surface area (Å²) in [6, 6.07) is 3.60. The number of aliphatic hydroxyl groups is 1. The Balaban J connectivity index is 2.34. The molecule has 1 aromatic heterocycles. The molecule has 1 aliphatic heterocycles. The molecule has 58 valence electrons. The lowest BCUT2D eigenvalue weighted by Gasteiger charge is -2.21. The predicted octanol–water partition coefficient (Wildman–Crippen LogP) is 0.204. The highest BCUT2D eigenvalue weighted by Crippen LogP contribution is 2.24. The molecule has 0 bridgehead atoms. The fourth-order valence-electron chi connectivity index (χ4n) is 0.984. The van der Waals surface area contributed by atoms with Gasteiger partial charge in [-0.1, -0.05) is 0 Å². The monoisotopic (exact) mass is 152 g/mol. The number of hydrogen-bond donors (Lipinski definition) is 2. The number of ether oxygens (including phenoxy) is 1. The summed E-state index contributed by atoms with van der Waals surface area (Å²) in [5, 5.41) is 11.9. The molecule has 0 saturated carbocycles. The summed E-state index contributed by atoms with van der Waals surface area (Å²) in [6.07, 6.45) is 1.00. The van der Waals surface area contributed by atoms with Crippen molar-refractivity contribution in [2.45, 2.75) is 6.23 Å². The highest BCUT2D eigenvalue weighted by atomic mass is 16.5. The Morgan fingerprint density at radius 3 is 3.55 bits per heavy atom. The van der Waals surface area contributed by atoms with E-state index in [0.717, 1.165) is 0 Å². The first-order valence-corrected chi connectivity index (χ1v) is 3.39. The predicted molar refractivity (Wildman–Crippen MR) is 39.4 cm³/mol. The summed E-state index contributed by atoms with van der Waals surface area (Å²) in [4.78, 5) is 3.97. The van der Waals surface area contributed by atoms with Gasteiger partial charge >= 0.3 is 0 Å². The minimum atomic E-state index is -0.641. The number of nitrogens with one attached hydrogen (secondary N) is 1. The lowest BCUT2D eigenvalue weighted by molar-refractivity contribution is 0.118. The summed E-state index contributed by atoms with van der Waals surface area (Å²) in [5.41, 5.74) is 0. The van der Waals surface area contributed by atoms with Crippen molar-refractivity contribution >= 4 is 5.82 Å². The topological polar surface area (TPSA) is 54.4 Å². The van der Waals surface area contributed by atoms with Crippen LogP contribution in [0.4, 0.5) is 5.82 Å². The van der Waals surface area contributed by atoms with Gasteiger partial charge in [0.25, 0.3) is 0 Å². The van der Waals surface area contributed by atoms with Crippen molar-refractivity contribution in [2.24, 2.45) is 0 Å². The zero-order valence-electron chi connectivity index (χ0n) is 5.82. The molecule has 2 N–H and O–H groups in total. The van der Waals surface area contributed by atoms with Crippen molar-refractivity contribution in [3.05, 3.63) is 18.3 Å². The average Bonchev–Trinajstić information content (AvgIpc) is 2.04. The van der Waals surface area contributed by atoms with Crippen LogP contribution < -0.4 is 10.1 Å². The number of aromatic nitrogens is 1. The molecule has 0 radical (unpaired) electrons. The van der Waals surface area contributed by atoms with Crippen molar-refractivity contribution in [3.63, 3.8) is 0 Å². The summed E-state index contributed by atoms with van der Waals surface area (Å²) in [7, 11) is 0. The van der Waals surface area contributed by atoms with Crippen molar-refractivity contribution < 1.29 is 9.84 Å². The van der Waals surface area contributed by atoms with Crippen LogP contribution in [0.1, 0.15) is 0 Å². The lowest BCUT2D eigenvalue weighted by Crippen LogP contribution is -2.31. The first-order chi connectivity index (χ1) is 5.36. The molecule has 0 aliphatic carbocycles. The molecule has 0 saturated heterocycles. The van der Waals surface area contributed by atoms with Gasteiger partial charge in [0.15, 0.2) is 17.8 Å². The number of pyridine rings is 1. The molecule has 0 aromatic carbocycles. The van der Waals surface area contributed by atoms with Crippen molar-refractivity contribution in [1.82, 2.24) is 4.98 Å². The highest BCUT2D eigenvalue weighted by molar-refractivity contribution is 5.51. The summed E-state index contributed by atoms with van der Waals surface area (Å²) in [5.74, 6) is 1.30. The number of aliphatic hydroxyl groups excluding tert-OH is 1. The van der Waals surface area contributed by atoms with Crippen LogP contribution in [-0.2, 0) is 0 Å². The Morgan fingerprint density at radius 2 is 2.64 bits per heavy atom. The van der Waals surface area contributed by atoms with E-state index in [1.807, 2.05) is 0 Å². The number of rotatable bonds is 0. The van der Waals surface area contributed by atoms with Gasteiger partial charge in [0.2, 0.25) is 0 Å². The van der Waals surface area contributed by atoms with Gasteiger partial charge in [-0.3, -0.25) is 0 Å². The maximum Gasteiger partial charge on any atom is 0.170 e. The van der Waals surface area contributed by atoms with E-state index < -0.39 is 6.23 Å². The van der Waals surface area contributed by atoms with Gasteiger partial charge in [0.05, 0.1) is 0 Å². The van der Waals surface area contributed by atoms with Gasteiger partial charge in [0, 0.05) is 6.20 Å². The summed E-state index contributed by atoms with van der Waals surface area (Å²) >= 11 is 0. The van der Waals surface area contributed by atoms with Crippen molar-refractivity contribution in [3.8, 4) is 5.75 Å². The SMILES string of the molecule is OC1COc2cccnc2N1. The van der Waals surface area contributed by atoms with Crippen LogP contribution in [0.2, 0.25) is 0 Å². The zero-order chi connectivity index (χ0) is 7.68. The molecule has 2 rings (SSSR count). The molecule has 0 spiro atoms. The van der Waals surface area contributed by atoms with Gasteiger partial charge in [-0.15, -0.1) is 0 Å². The quantitative estimate of drug-likeness (QED) is 0.557. The van der Waals surface area contributed by atoms with Gasteiger partial charge in [-0.2, -0.15) is 0 Å². The molecule has 11 heavy (non-hydrogen) atoms. The van der Waals surface area contributed by atoms with Crippen LogP contribution in [0.3, 0.4) is 0 Å². The molecular formula is C7H8N2O2. The molecule has 0 fully saturated rings. The van der Waals surface area contributed by atoms with E-state index in [2.05, 4.69) is 10.3 Å². The second-order valence-corrected chi connectivity index (χ2v) is 2.32. The molecule has 2 heterocycles. The largest absolute Gasteiger partial charge is 0.485 e. The Labute approximate surface area is 63.8 Å². The van der Waals surface area contributed by atoms with Crippen LogP contribution >= 0.6 is 0 Å². The summed E-state index contributed by atoms with van der Waals surface area (Å²) < 4.78 is 5.16. The average molecular weight is 152 g/mol. The van der Waals surface area contributed by atoms with Crippen LogP contribution in [0, 0.1) is 0 Å². The fourth-order valence-corrected chi connectivity index (χ4v) is 0.984. The van der Waals surface area contributed by atoms with Gasteiger partial charge in [0.1, 0.15) is 6.61 Å². The minimum Gasteiger partial charge on any atom is -0.485 e. The Hall–Kier alpha value is -1.29. The number of nitrogens with zero attached hydrogens (tertiary/aromatic N) is 1. The molecule has 4 heteroatoms. The maximum absolute atomic E-state index is 9.08. The second-order valence-electron chi connectivity index (χ2n) is 2.32. The number of hydrogen-bond acceptors (Lipinski definition) is 4. The van der Waals surface area contributed by atoms with Crippen molar-refractivity contribution in [1.29, 1.82) is 0 Å². The molecule has 0 amide bonds. The normalized spacial score (nSPS) is 21.4. The van der Waals surface area contributed by atoms with Gasteiger partial charge < -0.3 is 15.2 Å². The Morgan fingerprint density at radius 1 is 1.73 bits per heavy atom. The number of fused-ring (bicyclic) bond motifs is 1. The van der Waals surface area contributed by atoms with Gasteiger partial charge in [-0.05, 0) is 12.1 Å². The Kier molecular flexibility index (Phi) is 1.40. The smallest absolute Gasteiger partial charge is 0.170 e. The molecule has 1 atom stereocenters. The number of anilines is 1. The van der Waals surface area contributed by atoms with E-state index >= 15 is 0 Å². The van der Waals surface area contributed by atoms with Crippen molar-refractivity contribution in [2.75, 3.05) is 11.9 Å². The second kappa shape index (κ2) is 2.39. The third-order valence-electron chi connectivity index (χ3n) is 1.47. The third-order valence-corrected chi connectivity index (χ3v) is 1.47. The van der Waals surface area contributed by atoms with Crippen LogP contribution in [0.15, 0.2) is 18.3 Å². The Bertz CT molecular complexity index is 264. The van der Waals surface area contributed by atoms with Crippen LogP contribution in [0.5, 0.6) is 5.75 Å².